The second-order valence-corrected chi connectivity index (χ2v) is 4.56. The third-order valence-electron chi connectivity index (χ3n) is 2.91. The Bertz CT molecular complexity index is 210. The van der Waals surface area contributed by atoms with E-state index in [0.717, 1.165) is 32.6 Å². The van der Waals surface area contributed by atoms with Crippen LogP contribution in [0.25, 0.3) is 0 Å². The van der Waals surface area contributed by atoms with E-state index in [4.69, 9.17) is 5.11 Å². The van der Waals surface area contributed by atoms with Crippen molar-refractivity contribution in [3.8, 4) is 0 Å². The molecule has 1 unspecified atom stereocenters. The van der Waals surface area contributed by atoms with Gasteiger partial charge in [0.2, 0.25) is 0 Å². The van der Waals surface area contributed by atoms with Gasteiger partial charge in [-0.1, -0.05) is 6.92 Å². The Balaban J connectivity index is 3.84. The van der Waals surface area contributed by atoms with Crippen molar-refractivity contribution in [2.45, 2.75) is 25.8 Å². The Labute approximate surface area is 105 Å². The quantitative estimate of drug-likeness (QED) is 0.580. The molecule has 102 valence electrons. The molecule has 0 bridgehead atoms. The van der Waals surface area contributed by atoms with Crippen LogP contribution < -0.4 is 5.32 Å². The lowest BCUT2D eigenvalue weighted by atomic mass is 10.2. The second kappa shape index (κ2) is 9.39. The Hall–Kier alpha value is -0.650. The van der Waals surface area contributed by atoms with Crippen molar-refractivity contribution < 1.29 is 9.90 Å². The largest absolute Gasteiger partial charge is 0.480 e. The van der Waals surface area contributed by atoms with Crippen LogP contribution in [-0.4, -0.2) is 74.2 Å². The molecule has 5 heteroatoms. The Morgan fingerprint density at radius 2 is 1.94 bits per heavy atom. The third-order valence-corrected chi connectivity index (χ3v) is 2.91. The van der Waals surface area contributed by atoms with Crippen LogP contribution in [0.5, 0.6) is 0 Å². The smallest absolute Gasteiger partial charge is 0.320 e. The van der Waals surface area contributed by atoms with Gasteiger partial charge in [0.1, 0.15) is 6.04 Å². The van der Waals surface area contributed by atoms with Gasteiger partial charge in [-0.2, -0.15) is 0 Å². The Kier molecular flexibility index (Phi) is 9.03. The van der Waals surface area contributed by atoms with E-state index in [1.165, 1.54) is 0 Å². The molecule has 0 aromatic carbocycles. The molecule has 0 aromatic rings. The lowest BCUT2D eigenvalue weighted by Crippen LogP contribution is -2.38. The van der Waals surface area contributed by atoms with Gasteiger partial charge in [-0.15, -0.1) is 0 Å². The molecule has 0 saturated heterocycles. The van der Waals surface area contributed by atoms with Crippen LogP contribution in [0.2, 0.25) is 0 Å². The number of carboxylic acids is 1. The van der Waals surface area contributed by atoms with E-state index in [-0.39, 0.29) is 0 Å². The van der Waals surface area contributed by atoms with Crippen molar-refractivity contribution in [2.75, 3.05) is 47.3 Å². The highest BCUT2D eigenvalue weighted by molar-refractivity contribution is 5.73. The Morgan fingerprint density at radius 1 is 1.29 bits per heavy atom. The standard InChI is InChI=1S/C12H27N3O2/c1-5-15(9-6-8-14(3)4)10-7-11(13-2)12(16)17/h11,13H,5-10H2,1-4H3,(H,16,17). The molecule has 0 aliphatic carbocycles. The maximum absolute atomic E-state index is 10.8. The number of nitrogens with one attached hydrogen (secondary N) is 1. The normalized spacial score (nSPS) is 13.3. The summed E-state index contributed by atoms with van der Waals surface area (Å²) in [6.07, 6.45) is 1.78. The number of hydrogen-bond donors (Lipinski definition) is 2. The predicted octanol–water partition coefficient (Wildman–Crippen LogP) is 0.323. The van der Waals surface area contributed by atoms with Gasteiger partial charge in [0.25, 0.3) is 0 Å². The molecular weight excluding hydrogens is 218 g/mol. The fourth-order valence-electron chi connectivity index (χ4n) is 1.74. The molecule has 0 heterocycles. The minimum absolute atomic E-state index is 0.433. The van der Waals surface area contributed by atoms with Crippen molar-refractivity contribution >= 4 is 5.97 Å². The molecule has 0 aliphatic heterocycles. The highest BCUT2D eigenvalue weighted by Crippen LogP contribution is 1.99. The zero-order valence-electron chi connectivity index (χ0n) is 11.6. The van der Waals surface area contributed by atoms with Crippen LogP contribution in [0.4, 0.5) is 0 Å². The molecule has 0 saturated carbocycles. The second-order valence-electron chi connectivity index (χ2n) is 4.56. The lowest BCUT2D eigenvalue weighted by Gasteiger charge is -2.23. The third kappa shape index (κ3) is 8.12. The van der Waals surface area contributed by atoms with E-state index in [0.29, 0.717) is 6.42 Å². The number of likely N-dealkylation sites (N-methyl/N-ethyl adjacent to an activating group) is 1. The van der Waals surface area contributed by atoms with E-state index in [1.807, 2.05) is 0 Å². The van der Waals surface area contributed by atoms with Crippen LogP contribution in [-0.2, 0) is 4.79 Å². The summed E-state index contributed by atoms with van der Waals surface area (Å²) >= 11 is 0. The monoisotopic (exact) mass is 245 g/mol. The number of carboxylic acid groups (broad SMARTS) is 1. The first kappa shape index (κ1) is 16.4. The van der Waals surface area contributed by atoms with Gasteiger partial charge in [-0.3, -0.25) is 4.79 Å². The van der Waals surface area contributed by atoms with Gasteiger partial charge in [-0.05, 0) is 53.6 Å². The van der Waals surface area contributed by atoms with Gasteiger partial charge in [0, 0.05) is 6.54 Å². The number of hydrogen-bond acceptors (Lipinski definition) is 4. The van der Waals surface area contributed by atoms with Crippen LogP contribution in [0.3, 0.4) is 0 Å². The first-order chi connectivity index (χ1) is 8.01. The molecule has 0 radical (unpaired) electrons. The van der Waals surface area contributed by atoms with Crippen molar-refractivity contribution in [2.24, 2.45) is 0 Å². The fraction of sp³-hybridized carbons (Fsp3) is 0.917. The average Bonchev–Trinajstić information content (AvgIpc) is 2.26. The minimum Gasteiger partial charge on any atom is -0.480 e. The molecule has 17 heavy (non-hydrogen) atoms. The molecule has 2 N–H and O–H groups in total. The van der Waals surface area contributed by atoms with Gasteiger partial charge in [0.05, 0.1) is 0 Å². The summed E-state index contributed by atoms with van der Waals surface area (Å²) in [6, 6.07) is -0.433. The molecular formula is C12H27N3O2. The maximum Gasteiger partial charge on any atom is 0.320 e. The number of carbonyl (C=O) groups is 1. The van der Waals surface area contributed by atoms with Gasteiger partial charge in [-0.25, -0.2) is 0 Å². The summed E-state index contributed by atoms with van der Waals surface area (Å²) < 4.78 is 0. The van der Waals surface area contributed by atoms with E-state index in [2.05, 4.69) is 36.1 Å². The molecule has 0 amide bonds. The van der Waals surface area contributed by atoms with E-state index >= 15 is 0 Å². The Morgan fingerprint density at radius 3 is 2.35 bits per heavy atom. The summed E-state index contributed by atoms with van der Waals surface area (Å²) in [6.45, 7) is 6.03. The summed E-state index contributed by atoms with van der Waals surface area (Å²) in [5, 5.41) is 11.7. The summed E-state index contributed by atoms with van der Waals surface area (Å²) in [5.41, 5.74) is 0. The van der Waals surface area contributed by atoms with Gasteiger partial charge in [0.15, 0.2) is 0 Å². The topological polar surface area (TPSA) is 55.8 Å². The summed E-state index contributed by atoms with van der Waals surface area (Å²) in [7, 11) is 5.83. The minimum atomic E-state index is -0.767. The van der Waals surface area contributed by atoms with E-state index in [1.54, 1.807) is 7.05 Å². The van der Waals surface area contributed by atoms with Crippen LogP contribution in [0.1, 0.15) is 19.8 Å². The van der Waals surface area contributed by atoms with Crippen LogP contribution >= 0.6 is 0 Å². The number of aliphatic carboxylic acids is 1. The van der Waals surface area contributed by atoms with E-state index < -0.39 is 12.0 Å². The molecule has 1 atom stereocenters. The van der Waals surface area contributed by atoms with Crippen LogP contribution in [0, 0.1) is 0 Å². The van der Waals surface area contributed by atoms with Crippen LogP contribution in [0.15, 0.2) is 0 Å². The summed E-state index contributed by atoms with van der Waals surface area (Å²) in [4.78, 5) is 15.3. The highest BCUT2D eigenvalue weighted by atomic mass is 16.4. The zero-order chi connectivity index (χ0) is 13.3. The maximum atomic E-state index is 10.8. The van der Waals surface area contributed by atoms with Gasteiger partial charge >= 0.3 is 5.97 Å². The molecule has 0 rings (SSSR count). The fourth-order valence-corrected chi connectivity index (χ4v) is 1.74. The molecule has 0 aliphatic rings. The summed E-state index contributed by atoms with van der Waals surface area (Å²) in [5.74, 6) is -0.767. The zero-order valence-corrected chi connectivity index (χ0v) is 11.6. The van der Waals surface area contributed by atoms with Crippen molar-refractivity contribution in [1.82, 2.24) is 15.1 Å². The molecule has 5 nitrogen and oxygen atoms in total. The van der Waals surface area contributed by atoms with Crippen molar-refractivity contribution in [1.29, 1.82) is 0 Å². The predicted molar refractivity (Wildman–Crippen MR) is 70.4 cm³/mol. The molecule has 0 aromatic heterocycles. The van der Waals surface area contributed by atoms with E-state index in [9.17, 15) is 4.79 Å². The number of nitrogens with zero attached hydrogens (tertiary/aromatic N) is 2. The SMILES string of the molecule is CCN(CCCN(C)C)CCC(NC)C(=O)O. The number of rotatable bonds is 10. The first-order valence-electron chi connectivity index (χ1n) is 6.28. The average molecular weight is 245 g/mol. The van der Waals surface area contributed by atoms with Crippen molar-refractivity contribution in [3.05, 3.63) is 0 Å². The molecule has 0 fully saturated rings. The first-order valence-corrected chi connectivity index (χ1v) is 6.28. The van der Waals surface area contributed by atoms with Crippen molar-refractivity contribution in [3.63, 3.8) is 0 Å². The lowest BCUT2D eigenvalue weighted by molar-refractivity contribution is -0.139. The van der Waals surface area contributed by atoms with Gasteiger partial charge < -0.3 is 20.2 Å². The highest BCUT2D eigenvalue weighted by Gasteiger charge is 2.15. The molecule has 0 spiro atoms.